The molecule has 0 heterocycles. The minimum atomic E-state index is -0.611. The van der Waals surface area contributed by atoms with Gasteiger partial charge in [-0.05, 0) is 25.2 Å². The second-order valence-electron chi connectivity index (χ2n) is 6.37. The molecule has 0 saturated heterocycles. The minimum Gasteiger partial charge on any atom is -0.409 e. The zero-order chi connectivity index (χ0) is 14.4. The van der Waals surface area contributed by atoms with Crippen LogP contribution >= 0.6 is 0 Å². The Bertz CT molecular complexity index is 356. The first-order chi connectivity index (χ1) is 9.66. The number of nitrogens with one attached hydrogen (secondary N) is 1. The van der Waals surface area contributed by atoms with E-state index < -0.39 is 5.54 Å². The minimum absolute atomic E-state index is 0.0467. The number of hydrogen-bond donors (Lipinski definition) is 3. The molecule has 0 unspecified atom stereocenters. The Morgan fingerprint density at radius 2 is 1.85 bits per heavy atom. The van der Waals surface area contributed by atoms with Gasteiger partial charge in [-0.2, -0.15) is 0 Å². The standard InChI is InChI=1S/C15H27N3O2/c16-14(18-20)15(10-4-1-5-11-15)17-13(19)9-8-12-6-2-3-7-12/h12,20H,1-11H2,(H2,16,18)(H,17,19). The van der Waals surface area contributed by atoms with Gasteiger partial charge in [0.25, 0.3) is 0 Å². The summed E-state index contributed by atoms with van der Waals surface area (Å²) in [5, 5.41) is 15.2. The lowest BCUT2D eigenvalue weighted by atomic mass is 9.80. The van der Waals surface area contributed by atoms with Gasteiger partial charge in [-0.1, -0.05) is 50.1 Å². The van der Waals surface area contributed by atoms with Crippen LogP contribution in [0.1, 0.15) is 70.6 Å². The zero-order valence-corrected chi connectivity index (χ0v) is 12.2. The summed E-state index contributed by atoms with van der Waals surface area (Å²) < 4.78 is 0. The molecule has 0 aromatic carbocycles. The molecule has 5 nitrogen and oxygen atoms in total. The molecular formula is C15H27N3O2. The van der Waals surface area contributed by atoms with Gasteiger partial charge in [0, 0.05) is 6.42 Å². The summed E-state index contributed by atoms with van der Waals surface area (Å²) in [6.45, 7) is 0. The van der Waals surface area contributed by atoms with Crippen molar-refractivity contribution in [3.05, 3.63) is 0 Å². The maximum atomic E-state index is 12.2. The fourth-order valence-electron chi connectivity index (χ4n) is 3.66. The predicted octanol–water partition coefficient (Wildman–Crippen LogP) is 2.52. The number of carbonyl (C=O) groups is 1. The molecule has 4 N–H and O–H groups in total. The van der Waals surface area contributed by atoms with E-state index in [0.717, 1.165) is 38.5 Å². The van der Waals surface area contributed by atoms with Gasteiger partial charge >= 0.3 is 0 Å². The fraction of sp³-hybridized carbons (Fsp3) is 0.867. The summed E-state index contributed by atoms with van der Waals surface area (Å²) in [4.78, 5) is 12.2. The molecule has 2 fully saturated rings. The van der Waals surface area contributed by atoms with Gasteiger partial charge < -0.3 is 16.3 Å². The van der Waals surface area contributed by atoms with Crippen molar-refractivity contribution in [1.29, 1.82) is 0 Å². The van der Waals surface area contributed by atoms with Gasteiger partial charge in [-0.25, -0.2) is 0 Å². The largest absolute Gasteiger partial charge is 0.409 e. The van der Waals surface area contributed by atoms with Gasteiger partial charge in [0.1, 0.15) is 5.54 Å². The van der Waals surface area contributed by atoms with Crippen molar-refractivity contribution in [2.24, 2.45) is 16.8 Å². The van der Waals surface area contributed by atoms with Gasteiger partial charge in [-0.15, -0.1) is 0 Å². The van der Waals surface area contributed by atoms with Crippen LogP contribution in [0.3, 0.4) is 0 Å². The van der Waals surface area contributed by atoms with Crippen LogP contribution in [0.15, 0.2) is 5.16 Å². The highest BCUT2D eigenvalue weighted by Gasteiger charge is 2.38. The van der Waals surface area contributed by atoms with Crippen molar-refractivity contribution in [2.75, 3.05) is 0 Å². The lowest BCUT2D eigenvalue weighted by molar-refractivity contribution is -0.122. The Kier molecular flexibility index (Phi) is 5.26. The molecule has 2 rings (SSSR count). The average molecular weight is 281 g/mol. The first-order valence-electron chi connectivity index (χ1n) is 7.95. The number of oxime groups is 1. The summed E-state index contributed by atoms with van der Waals surface area (Å²) in [5.74, 6) is 0.920. The Labute approximate surface area is 121 Å². The molecule has 0 spiro atoms. The molecule has 2 saturated carbocycles. The van der Waals surface area contributed by atoms with Crippen LogP contribution in [-0.2, 0) is 4.79 Å². The van der Waals surface area contributed by atoms with Crippen LogP contribution in [-0.4, -0.2) is 22.5 Å². The quantitative estimate of drug-likeness (QED) is 0.313. The lowest BCUT2D eigenvalue weighted by Crippen LogP contribution is -2.58. The smallest absolute Gasteiger partial charge is 0.220 e. The van der Waals surface area contributed by atoms with E-state index in [4.69, 9.17) is 10.9 Å². The lowest BCUT2D eigenvalue weighted by Gasteiger charge is -2.36. The van der Waals surface area contributed by atoms with Crippen molar-refractivity contribution in [1.82, 2.24) is 5.32 Å². The van der Waals surface area contributed by atoms with E-state index in [9.17, 15) is 4.79 Å². The second kappa shape index (κ2) is 6.95. The Morgan fingerprint density at radius 1 is 1.20 bits per heavy atom. The van der Waals surface area contributed by atoms with Crippen molar-refractivity contribution in [2.45, 2.75) is 76.2 Å². The van der Waals surface area contributed by atoms with E-state index in [-0.39, 0.29) is 11.7 Å². The highest BCUT2D eigenvalue weighted by atomic mass is 16.4. The summed E-state index contributed by atoms with van der Waals surface area (Å²) >= 11 is 0. The van der Waals surface area contributed by atoms with E-state index in [1.165, 1.54) is 25.7 Å². The molecule has 1 amide bonds. The molecule has 0 atom stereocenters. The first-order valence-corrected chi connectivity index (χ1v) is 7.95. The number of nitrogens with zero attached hydrogens (tertiary/aromatic N) is 1. The SMILES string of the molecule is N/C(=N/O)C1(NC(=O)CCC2CCCC2)CCCCC1. The molecule has 114 valence electrons. The van der Waals surface area contributed by atoms with Crippen LogP contribution in [0.4, 0.5) is 0 Å². The highest BCUT2D eigenvalue weighted by Crippen LogP contribution is 2.30. The monoisotopic (exact) mass is 281 g/mol. The Balaban J connectivity index is 1.88. The van der Waals surface area contributed by atoms with Gasteiger partial charge in [0.05, 0.1) is 0 Å². The van der Waals surface area contributed by atoms with E-state index in [2.05, 4.69) is 10.5 Å². The van der Waals surface area contributed by atoms with Crippen molar-refractivity contribution < 1.29 is 10.0 Å². The maximum Gasteiger partial charge on any atom is 0.220 e. The van der Waals surface area contributed by atoms with E-state index >= 15 is 0 Å². The molecule has 0 radical (unpaired) electrons. The third-order valence-corrected chi connectivity index (χ3v) is 4.94. The Morgan fingerprint density at radius 3 is 2.45 bits per heavy atom. The molecule has 0 bridgehead atoms. The molecule has 2 aliphatic carbocycles. The highest BCUT2D eigenvalue weighted by molar-refractivity contribution is 5.94. The molecule has 0 aromatic rings. The van der Waals surface area contributed by atoms with Crippen molar-refractivity contribution in [3.63, 3.8) is 0 Å². The molecular weight excluding hydrogens is 254 g/mol. The molecule has 2 aliphatic rings. The molecule has 5 heteroatoms. The van der Waals surface area contributed by atoms with Gasteiger partial charge in [0.2, 0.25) is 5.91 Å². The summed E-state index contributed by atoms with van der Waals surface area (Å²) in [5.41, 5.74) is 5.22. The number of hydrogen-bond acceptors (Lipinski definition) is 3. The zero-order valence-electron chi connectivity index (χ0n) is 12.2. The van der Waals surface area contributed by atoms with Crippen molar-refractivity contribution in [3.8, 4) is 0 Å². The number of amides is 1. The first kappa shape index (κ1) is 15.1. The number of carbonyl (C=O) groups excluding carboxylic acids is 1. The summed E-state index contributed by atoms with van der Waals surface area (Å²) in [7, 11) is 0. The van der Waals surface area contributed by atoms with Crippen molar-refractivity contribution >= 4 is 11.7 Å². The van der Waals surface area contributed by atoms with E-state index in [1.807, 2.05) is 0 Å². The second-order valence-corrected chi connectivity index (χ2v) is 6.37. The van der Waals surface area contributed by atoms with Crippen LogP contribution in [0, 0.1) is 5.92 Å². The summed E-state index contributed by atoms with van der Waals surface area (Å²) in [6.07, 6.45) is 11.4. The van der Waals surface area contributed by atoms with Crippen LogP contribution < -0.4 is 11.1 Å². The van der Waals surface area contributed by atoms with Crippen LogP contribution in [0.25, 0.3) is 0 Å². The van der Waals surface area contributed by atoms with Crippen LogP contribution in [0.5, 0.6) is 0 Å². The number of amidine groups is 1. The predicted molar refractivity (Wildman–Crippen MR) is 78.6 cm³/mol. The number of nitrogens with two attached hydrogens (primary N) is 1. The topological polar surface area (TPSA) is 87.7 Å². The average Bonchev–Trinajstić information content (AvgIpc) is 2.98. The normalized spacial score (nSPS) is 23.7. The third-order valence-electron chi connectivity index (χ3n) is 4.94. The molecule has 0 aromatic heterocycles. The molecule has 0 aliphatic heterocycles. The maximum absolute atomic E-state index is 12.2. The fourth-order valence-corrected chi connectivity index (χ4v) is 3.66. The third kappa shape index (κ3) is 3.64. The number of rotatable bonds is 5. The van der Waals surface area contributed by atoms with Gasteiger partial charge in [-0.3, -0.25) is 4.79 Å². The van der Waals surface area contributed by atoms with Gasteiger partial charge in [0.15, 0.2) is 5.84 Å². The van der Waals surface area contributed by atoms with Crippen LogP contribution in [0.2, 0.25) is 0 Å². The summed E-state index contributed by atoms with van der Waals surface area (Å²) in [6, 6.07) is 0. The Hall–Kier alpha value is -1.26. The van der Waals surface area contributed by atoms with E-state index in [1.54, 1.807) is 0 Å². The van der Waals surface area contributed by atoms with E-state index in [0.29, 0.717) is 12.3 Å². The molecule has 20 heavy (non-hydrogen) atoms.